The summed E-state index contributed by atoms with van der Waals surface area (Å²) < 4.78 is 0. The number of hydrogen-bond acceptors (Lipinski definition) is 2. The molecule has 1 amide bonds. The van der Waals surface area contributed by atoms with Gasteiger partial charge in [0, 0.05) is 17.1 Å². The number of hydrogen-bond donors (Lipinski definition) is 1. The molecule has 5 heteroatoms. The highest BCUT2D eigenvalue weighted by atomic mass is 35.5. The van der Waals surface area contributed by atoms with Crippen molar-refractivity contribution in [2.75, 3.05) is 7.05 Å². The highest BCUT2D eigenvalue weighted by molar-refractivity contribution is 6.35. The molecule has 1 aromatic carbocycles. The van der Waals surface area contributed by atoms with Crippen molar-refractivity contribution in [3.63, 3.8) is 0 Å². The molecule has 0 saturated carbocycles. The Balaban J connectivity index is 2.93. The normalized spacial score (nSPS) is 14.3. The van der Waals surface area contributed by atoms with Crippen molar-refractivity contribution < 1.29 is 4.79 Å². The summed E-state index contributed by atoms with van der Waals surface area (Å²) in [6, 6.07) is 4.62. The largest absolute Gasteiger partial charge is 0.338 e. The topological polar surface area (TPSA) is 46.3 Å². The lowest BCUT2D eigenvalue weighted by Gasteiger charge is -2.29. The first kappa shape index (κ1) is 16.3. The van der Waals surface area contributed by atoms with Crippen molar-refractivity contribution in [1.82, 2.24) is 4.90 Å². The SMILES string of the molecule is CC(C)C(N)C(=O)N(C)C(C)c1ccc(Cl)cc1Cl. The van der Waals surface area contributed by atoms with Gasteiger partial charge in [-0.05, 0) is 30.5 Å². The van der Waals surface area contributed by atoms with Gasteiger partial charge in [0.1, 0.15) is 0 Å². The standard InChI is InChI=1S/C14H20Cl2N2O/c1-8(2)13(17)14(19)18(4)9(3)11-6-5-10(15)7-12(11)16/h5-9,13H,17H2,1-4H3. The number of likely N-dealkylation sites (N-methyl/N-ethyl adjacent to an activating group) is 1. The molecule has 0 aliphatic heterocycles. The van der Waals surface area contributed by atoms with Crippen LogP contribution in [0.5, 0.6) is 0 Å². The quantitative estimate of drug-likeness (QED) is 0.925. The number of rotatable bonds is 4. The lowest BCUT2D eigenvalue weighted by atomic mass is 10.0. The molecule has 19 heavy (non-hydrogen) atoms. The van der Waals surface area contributed by atoms with Crippen molar-refractivity contribution in [2.45, 2.75) is 32.9 Å². The maximum absolute atomic E-state index is 12.2. The Morgan fingerprint density at radius 2 is 1.84 bits per heavy atom. The second-order valence-electron chi connectivity index (χ2n) is 5.06. The van der Waals surface area contributed by atoms with Crippen molar-refractivity contribution in [1.29, 1.82) is 0 Å². The van der Waals surface area contributed by atoms with Gasteiger partial charge in [0.15, 0.2) is 0 Å². The molecule has 0 aliphatic carbocycles. The highest BCUT2D eigenvalue weighted by Crippen LogP contribution is 2.29. The predicted molar refractivity (Wildman–Crippen MR) is 80.5 cm³/mol. The summed E-state index contributed by atoms with van der Waals surface area (Å²) in [5.74, 6) is 0.0105. The van der Waals surface area contributed by atoms with Gasteiger partial charge in [-0.3, -0.25) is 4.79 Å². The molecule has 0 fully saturated rings. The summed E-state index contributed by atoms with van der Waals surface area (Å²) in [5, 5.41) is 1.13. The second-order valence-corrected chi connectivity index (χ2v) is 5.90. The molecule has 2 atom stereocenters. The summed E-state index contributed by atoms with van der Waals surface area (Å²) in [4.78, 5) is 13.8. The van der Waals surface area contributed by atoms with E-state index in [9.17, 15) is 4.79 Å². The van der Waals surface area contributed by atoms with Gasteiger partial charge in [-0.2, -0.15) is 0 Å². The molecule has 0 spiro atoms. The van der Waals surface area contributed by atoms with E-state index in [-0.39, 0.29) is 17.9 Å². The number of nitrogens with two attached hydrogens (primary N) is 1. The van der Waals surface area contributed by atoms with Gasteiger partial charge in [0.05, 0.1) is 12.1 Å². The fourth-order valence-corrected chi connectivity index (χ4v) is 2.33. The molecular weight excluding hydrogens is 283 g/mol. The summed E-state index contributed by atoms with van der Waals surface area (Å²) in [5.41, 5.74) is 6.75. The van der Waals surface area contributed by atoms with Gasteiger partial charge in [0.25, 0.3) is 0 Å². The third kappa shape index (κ3) is 3.85. The van der Waals surface area contributed by atoms with E-state index in [0.29, 0.717) is 10.0 Å². The van der Waals surface area contributed by atoms with E-state index < -0.39 is 6.04 Å². The molecule has 0 aliphatic rings. The van der Waals surface area contributed by atoms with Gasteiger partial charge in [-0.15, -0.1) is 0 Å². The Bertz CT molecular complexity index is 463. The van der Waals surface area contributed by atoms with Crippen molar-refractivity contribution in [2.24, 2.45) is 11.7 Å². The van der Waals surface area contributed by atoms with E-state index in [1.54, 1.807) is 24.1 Å². The fourth-order valence-electron chi connectivity index (χ4n) is 1.76. The van der Waals surface area contributed by atoms with Gasteiger partial charge in [-0.1, -0.05) is 43.1 Å². The van der Waals surface area contributed by atoms with Crippen LogP contribution in [0.1, 0.15) is 32.4 Å². The maximum atomic E-state index is 12.2. The third-order valence-corrected chi connectivity index (χ3v) is 3.91. The number of amides is 1. The Labute approximate surface area is 124 Å². The Hall–Kier alpha value is -0.770. The first-order valence-corrected chi connectivity index (χ1v) is 6.98. The molecule has 0 saturated heterocycles. The number of carbonyl (C=O) groups excluding carboxylic acids is 1. The molecular formula is C14H20Cl2N2O. The van der Waals surface area contributed by atoms with Crippen LogP contribution >= 0.6 is 23.2 Å². The summed E-state index contributed by atoms with van der Waals surface area (Å²) in [6.45, 7) is 5.77. The zero-order chi connectivity index (χ0) is 14.7. The smallest absolute Gasteiger partial charge is 0.239 e. The van der Waals surface area contributed by atoms with Crippen LogP contribution in [-0.2, 0) is 4.79 Å². The molecule has 2 N–H and O–H groups in total. The Morgan fingerprint density at radius 1 is 1.26 bits per heavy atom. The van der Waals surface area contributed by atoms with Gasteiger partial charge in [-0.25, -0.2) is 0 Å². The zero-order valence-corrected chi connectivity index (χ0v) is 13.2. The molecule has 1 aromatic rings. The third-order valence-electron chi connectivity index (χ3n) is 3.34. The number of benzene rings is 1. The van der Waals surface area contributed by atoms with Crippen molar-refractivity contribution in [3.05, 3.63) is 33.8 Å². The van der Waals surface area contributed by atoms with Gasteiger partial charge >= 0.3 is 0 Å². The van der Waals surface area contributed by atoms with Crippen LogP contribution in [0, 0.1) is 5.92 Å². The summed E-state index contributed by atoms with van der Waals surface area (Å²) in [7, 11) is 1.74. The van der Waals surface area contributed by atoms with E-state index in [0.717, 1.165) is 5.56 Å². The average molecular weight is 303 g/mol. The molecule has 2 unspecified atom stereocenters. The first-order valence-electron chi connectivity index (χ1n) is 6.23. The van der Waals surface area contributed by atoms with Crippen LogP contribution in [0.3, 0.4) is 0 Å². The average Bonchev–Trinajstić information content (AvgIpc) is 2.35. The highest BCUT2D eigenvalue weighted by Gasteiger charge is 2.25. The lowest BCUT2D eigenvalue weighted by molar-refractivity contribution is -0.134. The van der Waals surface area contributed by atoms with E-state index in [4.69, 9.17) is 28.9 Å². The van der Waals surface area contributed by atoms with E-state index in [2.05, 4.69) is 0 Å². The molecule has 3 nitrogen and oxygen atoms in total. The van der Waals surface area contributed by atoms with Crippen LogP contribution in [0.25, 0.3) is 0 Å². The van der Waals surface area contributed by atoms with Crippen LogP contribution in [0.15, 0.2) is 18.2 Å². The molecule has 106 valence electrons. The minimum Gasteiger partial charge on any atom is -0.338 e. The van der Waals surface area contributed by atoms with Gasteiger partial charge < -0.3 is 10.6 Å². The molecule has 0 aromatic heterocycles. The van der Waals surface area contributed by atoms with Crippen LogP contribution in [0.2, 0.25) is 10.0 Å². The minimum absolute atomic E-state index is 0.0893. The number of carbonyl (C=O) groups is 1. The van der Waals surface area contributed by atoms with E-state index in [1.807, 2.05) is 26.8 Å². The van der Waals surface area contributed by atoms with Crippen LogP contribution < -0.4 is 5.73 Å². The van der Waals surface area contributed by atoms with Crippen molar-refractivity contribution >= 4 is 29.1 Å². The van der Waals surface area contributed by atoms with Crippen molar-refractivity contribution in [3.8, 4) is 0 Å². The number of halogens is 2. The monoisotopic (exact) mass is 302 g/mol. The van der Waals surface area contributed by atoms with E-state index in [1.165, 1.54) is 0 Å². The summed E-state index contributed by atoms with van der Waals surface area (Å²) in [6.07, 6.45) is 0. The predicted octanol–water partition coefficient (Wildman–Crippen LogP) is 3.50. The second kappa shape index (κ2) is 6.60. The van der Waals surface area contributed by atoms with E-state index >= 15 is 0 Å². The molecule has 0 heterocycles. The molecule has 1 rings (SSSR count). The van der Waals surface area contributed by atoms with Crippen LogP contribution in [0.4, 0.5) is 0 Å². The maximum Gasteiger partial charge on any atom is 0.239 e. The number of nitrogens with zero attached hydrogens (tertiary/aromatic N) is 1. The molecule has 0 bridgehead atoms. The van der Waals surface area contributed by atoms with Gasteiger partial charge in [0.2, 0.25) is 5.91 Å². The Kier molecular flexibility index (Phi) is 5.65. The van der Waals surface area contributed by atoms with Crippen LogP contribution in [-0.4, -0.2) is 23.9 Å². The zero-order valence-electron chi connectivity index (χ0n) is 11.7. The summed E-state index contributed by atoms with van der Waals surface area (Å²) >= 11 is 12.0. The lowest BCUT2D eigenvalue weighted by Crippen LogP contribution is -2.45. The fraction of sp³-hybridized carbons (Fsp3) is 0.500. The molecule has 0 radical (unpaired) electrons. The first-order chi connectivity index (χ1) is 8.75. The Morgan fingerprint density at radius 3 is 2.32 bits per heavy atom. The minimum atomic E-state index is -0.501.